The summed E-state index contributed by atoms with van der Waals surface area (Å²) in [6.07, 6.45) is 1.02. The molecule has 2 rings (SSSR count). The highest BCUT2D eigenvalue weighted by Crippen LogP contribution is 2.13. The van der Waals surface area contributed by atoms with Crippen LogP contribution < -0.4 is 14.8 Å². The maximum absolute atomic E-state index is 5.74. The van der Waals surface area contributed by atoms with Gasteiger partial charge in [0.05, 0.1) is 0 Å². The molecule has 0 radical (unpaired) electrons. The molecule has 2 aromatic carbocycles. The van der Waals surface area contributed by atoms with Crippen molar-refractivity contribution in [3.63, 3.8) is 0 Å². The molecule has 0 heterocycles. The summed E-state index contributed by atoms with van der Waals surface area (Å²) in [5, 5.41) is 3.39. The van der Waals surface area contributed by atoms with Crippen molar-refractivity contribution in [2.45, 2.75) is 13.0 Å². The molecule has 0 saturated heterocycles. The molecule has 4 nitrogen and oxygen atoms in total. The minimum atomic E-state index is 0.527. The summed E-state index contributed by atoms with van der Waals surface area (Å²) < 4.78 is 16.4. The van der Waals surface area contributed by atoms with Crippen LogP contribution in [0.5, 0.6) is 11.5 Å². The molecule has 0 bridgehead atoms. The number of hydrogen-bond donors (Lipinski definition) is 1. The SMILES string of the molecule is COCCCNCc1cccc(OCCOc2ccccc2)c1. The number of ether oxygens (including phenoxy) is 3. The van der Waals surface area contributed by atoms with E-state index in [0.717, 1.165) is 37.6 Å². The van der Waals surface area contributed by atoms with Gasteiger partial charge in [-0.25, -0.2) is 0 Å². The monoisotopic (exact) mass is 315 g/mol. The summed E-state index contributed by atoms with van der Waals surface area (Å²) in [5.74, 6) is 1.74. The van der Waals surface area contributed by atoms with Crippen molar-refractivity contribution in [3.8, 4) is 11.5 Å². The Bertz CT molecular complexity index is 545. The van der Waals surface area contributed by atoms with E-state index in [1.807, 2.05) is 42.5 Å². The number of para-hydroxylation sites is 1. The van der Waals surface area contributed by atoms with E-state index < -0.39 is 0 Å². The van der Waals surface area contributed by atoms with Gasteiger partial charge >= 0.3 is 0 Å². The van der Waals surface area contributed by atoms with Crippen LogP contribution in [0.4, 0.5) is 0 Å². The number of rotatable bonds is 11. The van der Waals surface area contributed by atoms with E-state index in [2.05, 4.69) is 17.4 Å². The summed E-state index contributed by atoms with van der Waals surface area (Å²) in [7, 11) is 1.72. The average Bonchev–Trinajstić information content (AvgIpc) is 2.60. The fraction of sp³-hybridized carbons (Fsp3) is 0.368. The molecule has 0 saturated carbocycles. The summed E-state index contributed by atoms with van der Waals surface area (Å²) in [4.78, 5) is 0. The van der Waals surface area contributed by atoms with Crippen molar-refractivity contribution in [2.75, 3.05) is 33.5 Å². The van der Waals surface area contributed by atoms with Crippen LogP contribution in [0.1, 0.15) is 12.0 Å². The summed E-state index contributed by atoms with van der Waals surface area (Å²) in [5.41, 5.74) is 1.21. The molecule has 0 aliphatic carbocycles. The molecular formula is C19H25NO3. The molecule has 2 aromatic rings. The quantitative estimate of drug-likeness (QED) is 0.646. The zero-order valence-electron chi connectivity index (χ0n) is 13.7. The van der Waals surface area contributed by atoms with Crippen LogP contribution in [0.2, 0.25) is 0 Å². The standard InChI is InChI=1S/C19H25NO3/c1-21-12-6-11-20-16-17-7-5-10-19(15-17)23-14-13-22-18-8-3-2-4-9-18/h2-5,7-10,15,20H,6,11-14,16H2,1H3. The highest BCUT2D eigenvalue weighted by molar-refractivity contribution is 5.28. The molecule has 0 aliphatic heterocycles. The van der Waals surface area contributed by atoms with Gasteiger partial charge in [-0.05, 0) is 42.8 Å². The lowest BCUT2D eigenvalue weighted by molar-refractivity contribution is 0.194. The molecule has 0 amide bonds. The third-order valence-electron chi connectivity index (χ3n) is 3.29. The van der Waals surface area contributed by atoms with E-state index in [1.165, 1.54) is 5.56 Å². The first-order chi connectivity index (χ1) is 11.4. The fourth-order valence-corrected chi connectivity index (χ4v) is 2.16. The smallest absolute Gasteiger partial charge is 0.122 e. The molecular weight excluding hydrogens is 290 g/mol. The lowest BCUT2D eigenvalue weighted by Gasteiger charge is -2.10. The topological polar surface area (TPSA) is 39.7 Å². The van der Waals surface area contributed by atoms with Crippen LogP contribution >= 0.6 is 0 Å². The Morgan fingerprint density at radius 1 is 0.826 bits per heavy atom. The van der Waals surface area contributed by atoms with E-state index in [9.17, 15) is 0 Å². The van der Waals surface area contributed by atoms with Crippen LogP contribution in [0.3, 0.4) is 0 Å². The normalized spacial score (nSPS) is 10.5. The first kappa shape index (κ1) is 17.3. The molecule has 23 heavy (non-hydrogen) atoms. The lowest BCUT2D eigenvalue weighted by atomic mass is 10.2. The first-order valence-corrected chi connectivity index (χ1v) is 7.98. The third-order valence-corrected chi connectivity index (χ3v) is 3.29. The van der Waals surface area contributed by atoms with Gasteiger partial charge in [-0.3, -0.25) is 0 Å². The molecule has 0 aromatic heterocycles. The van der Waals surface area contributed by atoms with Crippen molar-refractivity contribution in [1.29, 1.82) is 0 Å². The summed E-state index contributed by atoms with van der Waals surface area (Å²) >= 11 is 0. The number of nitrogens with one attached hydrogen (secondary N) is 1. The van der Waals surface area contributed by atoms with Crippen LogP contribution in [-0.2, 0) is 11.3 Å². The van der Waals surface area contributed by atoms with E-state index in [1.54, 1.807) is 7.11 Å². The maximum Gasteiger partial charge on any atom is 0.122 e. The van der Waals surface area contributed by atoms with Crippen LogP contribution in [0.15, 0.2) is 54.6 Å². The van der Waals surface area contributed by atoms with Gasteiger partial charge in [0.25, 0.3) is 0 Å². The van der Waals surface area contributed by atoms with E-state index in [-0.39, 0.29) is 0 Å². The van der Waals surface area contributed by atoms with Gasteiger partial charge in [0.2, 0.25) is 0 Å². The van der Waals surface area contributed by atoms with Crippen molar-refractivity contribution < 1.29 is 14.2 Å². The highest BCUT2D eigenvalue weighted by Gasteiger charge is 1.98. The molecule has 0 unspecified atom stereocenters. The summed E-state index contributed by atoms with van der Waals surface area (Å²) in [6, 6.07) is 17.9. The molecule has 0 fully saturated rings. The Kier molecular flexibility index (Phi) is 8.02. The van der Waals surface area contributed by atoms with Crippen LogP contribution in [-0.4, -0.2) is 33.5 Å². The Morgan fingerprint density at radius 3 is 2.35 bits per heavy atom. The maximum atomic E-state index is 5.74. The van der Waals surface area contributed by atoms with E-state index in [4.69, 9.17) is 14.2 Å². The zero-order chi connectivity index (χ0) is 16.2. The van der Waals surface area contributed by atoms with Gasteiger partial charge < -0.3 is 19.5 Å². The Labute approximate surface area is 138 Å². The number of benzene rings is 2. The first-order valence-electron chi connectivity index (χ1n) is 7.98. The molecule has 4 heteroatoms. The highest BCUT2D eigenvalue weighted by atomic mass is 16.5. The predicted molar refractivity (Wildman–Crippen MR) is 92.1 cm³/mol. The van der Waals surface area contributed by atoms with Gasteiger partial charge in [-0.2, -0.15) is 0 Å². The predicted octanol–water partition coefficient (Wildman–Crippen LogP) is 3.27. The van der Waals surface area contributed by atoms with Gasteiger partial charge in [-0.15, -0.1) is 0 Å². The largest absolute Gasteiger partial charge is 0.490 e. The Morgan fingerprint density at radius 2 is 1.57 bits per heavy atom. The second kappa shape index (κ2) is 10.6. The molecule has 0 aliphatic rings. The van der Waals surface area contributed by atoms with Crippen molar-refractivity contribution in [1.82, 2.24) is 5.32 Å². The van der Waals surface area contributed by atoms with Gasteiger partial charge in [-0.1, -0.05) is 30.3 Å². The minimum absolute atomic E-state index is 0.527. The van der Waals surface area contributed by atoms with Crippen molar-refractivity contribution >= 4 is 0 Å². The number of hydrogen-bond acceptors (Lipinski definition) is 4. The molecule has 0 spiro atoms. The van der Waals surface area contributed by atoms with Crippen molar-refractivity contribution in [3.05, 3.63) is 60.2 Å². The van der Waals surface area contributed by atoms with Gasteiger partial charge in [0.1, 0.15) is 24.7 Å². The average molecular weight is 315 g/mol. The Hall–Kier alpha value is -2.04. The number of methoxy groups -OCH3 is 1. The molecule has 1 N–H and O–H groups in total. The fourth-order valence-electron chi connectivity index (χ4n) is 2.16. The van der Waals surface area contributed by atoms with E-state index in [0.29, 0.717) is 13.2 Å². The van der Waals surface area contributed by atoms with E-state index >= 15 is 0 Å². The molecule has 0 atom stereocenters. The van der Waals surface area contributed by atoms with Crippen LogP contribution in [0.25, 0.3) is 0 Å². The second-order valence-corrected chi connectivity index (χ2v) is 5.18. The van der Waals surface area contributed by atoms with Crippen LogP contribution in [0, 0.1) is 0 Å². The van der Waals surface area contributed by atoms with Gasteiger partial charge in [0, 0.05) is 20.3 Å². The molecule has 124 valence electrons. The second-order valence-electron chi connectivity index (χ2n) is 5.18. The summed E-state index contributed by atoms with van der Waals surface area (Å²) in [6.45, 7) is 3.63. The van der Waals surface area contributed by atoms with Gasteiger partial charge in [0.15, 0.2) is 0 Å². The Balaban J connectivity index is 1.66. The third kappa shape index (κ3) is 7.17. The zero-order valence-corrected chi connectivity index (χ0v) is 13.7. The van der Waals surface area contributed by atoms with Crippen molar-refractivity contribution in [2.24, 2.45) is 0 Å². The minimum Gasteiger partial charge on any atom is -0.490 e. The lowest BCUT2D eigenvalue weighted by Crippen LogP contribution is -2.16.